The van der Waals surface area contributed by atoms with Crippen LogP contribution in [0, 0.1) is 17.3 Å². The Morgan fingerprint density at radius 1 is 1.00 bits per heavy atom. The number of aliphatic hydroxyl groups excluding tert-OH is 2. The zero-order valence-electron chi connectivity index (χ0n) is 26.8. The molecule has 46 heavy (non-hydrogen) atoms. The van der Waals surface area contributed by atoms with Crippen molar-refractivity contribution in [2.75, 3.05) is 19.5 Å². The molecule has 2 fully saturated rings. The number of benzene rings is 2. The molecule has 0 spiro atoms. The number of anilines is 1. The van der Waals surface area contributed by atoms with Crippen molar-refractivity contribution < 1.29 is 43.9 Å². The summed E-state index contributed by atoms with van der Waals surface area (Å²) in [4.78, 5) is 37.1. The molecule has 2 amide bonds. The summed E-state index contributed by atoms with van der Waals surface area (Å²) >= 11 is 0. The Hall–Kier alpha value is -3.83. The molecule has 3 aliphatic rings. The third kappa shape index (κ3) is 6.66. The largest absolute Gasteiger partial charge is 0.505 e. The maximum Gasteiger partial charge on any atom is 0.306 e. The molecule has 0 aliphatic heterocycles. The Morgan fingerprint density at radius 2 is 1.74 bits per heavy atom. The molecule has 2 aromatic carbocycles. The number of carbonyl (C=O) groups excluding carboxylic acids is 3. The van der Waals surface area contributed by atoms with E-state index in [1.807, 2.05) is 0 Å². The Bertz CT molecular complexity index is 1460. The molecular weight excluding hydrogens is 592 g/mol. The number of fused-ring (bicyclic) bond motifs is 5. The van der Waals surface area contributed by atoms with Gasteiger partial charge in [-0.25, -0.2) is 0 Å². The fourth-order valence-corrected chi connectivity index (χ4v) is 8.27. The topological polar surface area (TPSA) is 178 Å². The zero-order valence-corrected chi connectivity index (χ0v) is 26.8. The summed E-state index contributed by atoms with van der Waals surface area (Å²) < 4.78 is 16.5. The summed E-state index contributed by atoms with van der Waals surface area (Å²) in [6, 6.07) is 9.22. The second-order valence-electron chi connectivity index (χ2n) is 13.2. The van der Waals surface area contributed by atoms with Crippen LogP contribution in [0.3, 0.4) is 0 Å². The van der Waals surface area contributed by atoms with Crippen LogP contribution in [0.2, 0.25) is 0 Å². The molecule has 11 heteroatoms. The van der Waals surface area contributed by atoms with Gasteiger partial charge >= 0.3 is 5.97 Å². The highest BCUT2D eigenvalue weighted by Crippen LogP contribution is 2.61. The highest BCUT2D eigenvalue weighted by molar-refractivity contribution is 6.02. The summed E-state index contributed by atoms with van der Waals surface area (Å²) in [6.45, 7) is 2.27. The maximum absolute atomic E-state index is 12.9. The van der Waals surface area contributed by atoms with Crippen molar-refractivity contribution in [2.24, 2.45) is 23.0 Å². The van der Waals surface area contributed by atoms with Crippen LogP contribution >= 0.6 is 0 Å². The molecule has 2 saturated carbocycles. The quantitative estimate of drug-likeness (QED) is 0.168. The molecule has 7 atom stereocenters. The van der Waals surface area contributed by atoms with Gasteiger partial charge in [-0.15, -0.1) is 0 Å². The number of hydrogen-bond acceptors (Lipinski definition) is 9. The van der Waals surface area contributed by atoms with Crippen molar-refractivity contribution in [3.8, 4) is 17.2 Å². The normalized spacial score (nSPS) is 26.1. The van der Waals surface area contributed by atoms with Crippen molar-refractivity contribution >= 4 is 23.5 Å². The molecule has 7 unspecified atom stereocenters. The van der Waals surface area contributed by atoms with Gasteiger partial charge in [0.15, 0.2) is 5.75 Å². The number of amides is 2. The smallest absolute Gasteiger partial charge is 0.306 e. The summed E-state index contributed by atoms with van der Waals surface area (Å²) in [5.74, 6) is 0.147. The lowest BCUT2D eigenvalue weighted by Gasteiger charge is -2.50. The predicted molar refractivity (Wildman–Crippen MR) is 170 cm³/mol. The van der Waals surface area contributed by atoms with Crippen LogP contribution in [0.25, 0.3) is 0 Å². The van der Waals surface area contributed by atoms with E-state index in [9.17, 15) is 29.7 Å². The lowest BCUT2D eigenvalue weighted by Crippen LogP contribution is -2.45. The van der Waals surface area contributed by atoms with Gasteiger partial charge in [-0.2, -0.15) is 0 Å². The van der Waals surface area contributed by atoms with Crippen molar-refractivity contribution in [3.05, 3.63) is 47.0 Å². The minimum Gasteiger partial charge on any atom is -0.505 e. The minimum atomic E-state index is -1.25. The molecular formula is C35H46N2O9. The standard InChI is InChI=1S/C35H46N2O9/c1-35-17-16-22-21-7-5-20(44-2)18-19(21)4-6-23(22)24(35)8-13-29(35)46-31(41)15-11-27(39)26(38)10-14-30(40)37-25-9-12-28(45-3)32(33(25)42)34(36)43/h5,7,9,12,18,22-24,26-27,29,38-39,42H,4,6,8,10-11,13-17H2,1-3H3,(H2,36,43)(H,37,40). The summed E-state index contributed by atoms with van der Waals surface area (Å²) in [5.41, 5.74) is 7.76. The Labute approximate surface area is 269 Å². The Morgan fingerprint density at radius 3 is 2.43 bits per heavy atom. The highest BCUT2D eigenvalue weighted by Gasteiger charge is 2.56. The van der Waals surface area contributed by atoms with E-state index >= 15 is 0 Å². The van der Waals surface area contributed by atoms with Crippen LogP contribution < -0.4 is 20.5 Å². The fourth-order valence-electron chi connectivity index (χ4n) is 8.27. The van der Waals surface area contributed by atoms with E-state index in [0.717, 1.165) is 44.3 Å². The second kappa shape index (κ2) is 13.9. The molecule has 2 aromatic rings. The SMILES string of the molecule is COc1ccc2c(c1)CCC1C2CCC2(C)C(OC(=O)CCC(O)C(O)CCC(=O)Nc3ccc(OC)c(C(N)=O)c3O)CCC12. The number of hydrogen-bond donors (Lipinski definition) is 5. The average molecular weight is 639 g/mol. The van der Waals surface area contributed by atoms with Gasteiger partial charge in [-0.1, -0.05) is 13.0 Å². The van der Waals surface area contributed by atoms with Gasteiger partial charge in [0.05, 0.1) is 32.1 Å². The lowest BCUT2D eigenvalue weighted by molar-refractivity contribution is -0.158. The van der Waals surface area contributed by atoms with Crippen LogP contribution in [-0.4, -0.2) is 65.6 Å². The van der Waals surface area contributed by atoms with Gasteiger partial charge in [-0.05, 0) is 105 Å². The molecule has 0 bridgehead atoms. The minimum absolute atomic E-state index is 0.000662. The average Bonchev–Trinajstić information content (AvgIpc) is 3.38. The van der Waals surface area contributed by atoms with E-state index in [1.54, 1.807) is 7.11 Å². The molecule has 6 N–H and O–H groups in total. The number of aliphatic hydroxyl groups is 2. The molecule has 0 radical (unpaired) electrons. The number of methoxy groups -OCH3 is 2. The van der Waals surface area contributed by atoms with E-state index in [4.69, 9.17) is 19.9 Å². The monoisotopic (exact) mass is 638 g/mol. The van der Waals surface area contributed by atoms with Crippen LogP contribution in [0.4, 0.5) is 5.69 Å². The zero-order chi connectivity index (χ0) is 33.2. The fraction of sp³-hybridized carbons (Fsp3) is 0.571. The first kappa shape index (κ1) is 33.5. The summed E-state index contributed by atoms with van der Waals surface area (Å²) in [6.07, 6.45) is 3.14. The van der Waals surface area contributed by atoms with Gasteiger partial charge in [0.1, 0.15) is 23.2 Å². The first-order valence-corrected chi connectivity index (χ1v) is 16.2. The van der Waals surface area contributed by atoms with E-state index in [2.05, 4.69) is 30.4 Å². The molecule has 0 aromatic heterocycles. The maximum atomic E-state index is 12.9. The van der Waals surface area contributed by atoms with Gasteiger partial charge in [0, 0.05) is 18.3 Å². The predicted octanol–water partition coefficient (Wildman–Crippen LogP) is 4.20. The third-order valence-electron chi connectivity index (χ3n) is 10.8. The van der Waals surface area contributed by atoms with Gasteiger partial charge in [-0.3, -0.25) is 14.4 Å². The number of esters is 1. The number of nitrogens with one attached hydrogen (secondary N) is 1. The van der Waals surface area contributed by atoms with Crippen molar-refractivity contribution in [3.63, 3.8) is 0 Å². The Balaban J connectivity index is 1.08. The van der Waals surface area contributed by atoms with Crippen LogP contribution in [0.15, 0.2) is 30.3 Å². The number of nitrogens with two attached hydrogens (primary N) is 1. The van der Waals surface area contributed by atoms with E-state index < -0.39 is 29.8 Å². The Kier molecular flexibility index (Phi) is 10.1. The number of primary amides is 1. The molecule has 5 rings (SSSR count). The van der Waals surface area contributed by atoms with Gasteiger partial charge < -0.3 is 40.6 Å². The van der Waals surface area contributed by atoms with Crippen LogP contribution in [0.5, 0.6) is 17.2 Å². The summed E-state index contributed by atoms with van der Waals surface area (Å²) in [7, 11) is 3.02. The number of aryl methyl sites for hydroxylation is 1. The number of ether oxygens (including phenoxy) is 3. The van der Waals surface area contributed by atoms with Crippen LogP contribution in [-0.2, 0) is 20.7 Å². The van der Waals surface area contributed by atoms with Crippen molar-refractivity contribution in [2.45, 2.75) is 95.4 Å². The van der Waals surface area contributed by atoms with Gasteiger partial charge in [0.25, 0.3) is 5.91 Å². The summed E-state index contributed by atoms with van der Waals surface area (Å²) in [5, 5.41) is 33.8. The van der Waals surface area contributed by atoms with E-state index in [0.29, 0.717) is 17.8 Å². The molecule has 3 aliphatic carbocycles. The molecule has 250 valence electrons. The van der Waals surface area contributed by atoms with Crippen molar-refractivity contribution in [1.29, 1.82) is 0 Å². The van der Waals surface area contributed by atoms with Gasteiger partial charge in [0.2, 0.25) is 5.91 Å². The molecule has 0 heterocycles. The first-order chi connectivity index (χ1) is 22.0. The number of phenols is 1. The first-order valence-electron chi connectivity index (χ1n) is 16.2. The second-order valence-corrected chi connectivity index (χ2v) is 13.2. The number of rotatable bonds is 12. The number of aromatic hydroxyl groups is 1. The number of carbonyl (C=O) groups is 3. The molecule has 0 saturated heterocycles. The molecule has 11 nitrogen and oxygen atoms in total. The lowest BCUT2D eigenvalue weighted by atomic mass is 9.55. The van der Waals surface area contributed by atoms with E-state index in [1.165, 1.54) is 30.4 Å². The third-order valence-corrected chi connectivity index (χ3v) is 10.8. The van der Waals surface area contributed by atoms with Crippen LogP contribution in [0.1, 0.15) is 92.1 Å². The highest BCUT2D eigenvalue weighted by atomic mass is 16.5. The van der Waals surface area contributed by atoms with Crippen molar-refractivity contribution in [1.82, 2.24) is 0 Å². The van der Waals surface area contributed by atoms with E-state index in [-0.39, 0.29) is 60.2 Å².